The van der Waals surface area contributed by atoms with E-state index in [9.17, 15) is 18.0 Å². The molecule has 2 rings (SSSR count). The Morgan fingerprint density at radius 2 is 2.17 bits per heavy atom. The van der Waals surface area contributed by atoms with Crippen molar-refractivity contribution in [2.45, 2.75) is 26.1 Å². The van der Waals surface area contributed by atoms with Crippen molar-refractivity contribution in [2.24, 2.45) is 7.05 Å². The number of aryl methyl sites for hydroxylation is 1. The van der Waals surface area contributed by atoms with Gasteiger partial charge in [0.25, 0.3) is 5.91 Å². The van der Waals surface area contributed by atoms with Crippen LogP contribution in [-0.4, -0.2) is 27.3 Å². The first-order valence-electron chi connectivity index (χ1n) is 7.28. The molecule has 6 nitrogen and oxygen atoms in total. The van der Waals surface area contributed by atoms with E-state index in [-0.39, 0.29) is 6.54 Å². The number of ether oxygens (including phenoxy) is 1. The lowest BCUT2D eigenvalue weighted by molar-refractivity contribution is -0.141. The number of nitrogens with one attached hydrogen (secondary N) is 1. The van der Waals surface area contributed by atoms with Crippen LogP contribution in [0, 0.1) is 0 Å². The highest BCUT2D eigenvalue weighted by molar-refractivity contribution is 5.95. The number of carbonyl (C=O) groups excluding carboxylic acids is 1. The minimum Gasteiger partial charge on any atom is -0.477 e. The van der Waals surface area contributed by atoms with Crippen molar-refractivity contribution >= 4 is 5.91 Å². The van der Waals surface area contributed by atoms with Crippen LogP contribution in [0.25, 0.3) is 0 Å². The summed E-state index contributed by atoms with van der Waals surface area (Å²) >= 11 is 0. The molecule has 0 fully saturated rings. The van der Waals surface area contributed by atoms with Gasteiger partial charge in [0.05, 0.1) is 12.2 Å². The summed E-state index contributed by atoms with van der Waals surface area (Å²) in [4.78, 5) is 16.2. The van der Waals surface area contributed by atoms with E-state index in [4.69, 9.17) is 4.74 Å². The molecule has 24 heavy (non-hydrogen) atoms. The Kier molecular flexibility index (Phi) is 5.42. The number of hydrogen-bond donors (Lipinski definition) is 1. The third kappa shape index (κ3) is 4.24. The molecule has 2 aromatic heterocycles. The molecule has 1 amide bonds. The fourth-order valence-corrected chi connectivity index (χ4v) is 2.02. The Labute approximate surface area is 136 Å². The predicted octanol–water partition coefficient (Wildman–Crippen LogP) is 2.55. The second-order valence-corrected chi connectivity index (χ2v) is 5.06. The summed E-state index contributed by atoms with van der Waals surface area (Å²) in [7, 11) is 1.32. The first-order valence-corrected chi connectivity index (χ1v) is 7.28. The number of carbonyl (C=O) groups is 1. The number of nitrogens with zero attached hydrogens (tertiary/aromatic N) is 3. The number of alkyl halides is 3. The summed E-state index contributed by atoms with van der Waals surface area (Å²) in [6, 6.07) is 3.34. The zero-order valence-electron chi connectivity index (χ0n) is 13.2. The minimum absolute atomic E-state index is 0.00207. The average molecular weight is 342 g/mol. The Bertz CT molecular complexity index is 713. The van der Waals surface area contributed by atoms with E-state index in [0.717, 1.165) is 17.3 Å². The van der Waals surface area contributed by atoms with Gasteiger partial charge < -0.3 is 10.1 Å². The highest BCUT2D eigenvalue weighted by atomic mass is 19.4. The van der Waals surface area contributed by atoms with Crippen molar-refractivity contribution in [3.05, 3.63) is 41.3 Å². The van der Waals surface area contributed by atoms with Gasteiger partial charge in [-0.1, -0.05) is 13.0 Å². The van der Waals surface area contributed by atoms with E-state index in [1.807, 2.05) is 6.92 Å². The Morgan fingerprint density at radius 1 is 1.42 bits per heavy atom. The molecule has 9 heteroatoms. The Morgan fingerprint density at radius 3 is 2.83 bits per heavy atom. The topological polar surface area (TPSA) is 69.0 Å². The maximum absolute atomic E-state index is 12.9. The monoisotopic (exact) mass is 342 g/mol. The number of halogens is 3. The molecule has 0 saturated carbocycles. The molecule has 2 heterocycles. The van der Waals surface area contributed by atoms with Gasteiger partial charge in [-0.25, -0.2) is 4.98 Å². The van der Waals surface area contributed by atoms with Crippen LogP contribution in [0.1, 0.15) is 35.0 Å². The number of aromatic nitrogens is 3. The van der Waals surface area contributed by atoms with Gasteiger partial charge >= 0.3 is 6.18 Å². The predicted molar refractivity (Wildman–Crippen MR) is 79.4 cm³/mol. The van der Waals surface area contributed by atoms with Gasteiger partial charge in [-0.05, 0) is 12.5 Å². The SMILES string of the molecule is CCCOc1ncccc1CNC(=O)c1cn(C)nc1C(F)(F)F. The van der Waals surface area contributed by atoms with Gasteiger partial charge in [0, 0.05) is 31.5 Å². The largest absolute Gasteiger partial charge is 0.477 e. The second kappa shape index (κ2) is 7.33. The molecule has 0 aliphatic carbocycles. The van der Waals surface area contributed by atoms with E-state index in [1.165, 1.54) is 7.05 Å². The zero-order valence-corrected chi connectivity index (χ0v) is 13.2. The van der Waals surface area contributed by atoms with Crippen molar-refractivity contribution in [3.63, 3.8) is 0 Å². The number of rotatable bonds is 6. The molecule has 0 spiro atoms. The van der Waals surface area contributed by atoms with E-state index in [2.05, 4.69) is 15.4 Å². The minimum atomic E-state index is -4.70. The molecule has 0 radical (unpaired) electrons. The zero-order chi connectivity index (χ0) is 17.7. The van der Waals surface area contributed by atoms with Gasteiger partial charge in [-0.2, -0.15) is 18.3 Å². The maximum atomic E-state index is 12.9. The van der Waals surface area contributed by atoms with Crippen LogP contribution in [0.3, 0.4) is 0 Å². The molecule has 0 aromatic carbocycles. The summed E-state index contributed by atoms with van der Waals surface area (Å²) in [6.45, 7) is 2.39. The van der Waals surface area contributed by atoms with Crippen LogP contribution >= 0.6 is 0 Å². The lowest BCUT2D eigenvalue weighted by atomic mass is 10.2. The van der Waals surface area contributed by atoms with Crippen molar-refractivity contribution < 1.29 is 22.7 Å². The van der Waals surface area contributed by atoms with Crippen LogP contribution in [0.15, 0.2) is 24.5 Å². The lowest BCUT2D eigenvalue weighted by Crippen LogP contribution is -2.25. The fraction of sp³-hybridized carbons (Fsp3) is 0.400. The van der Waals surface area contributed by atoms with E-state index < -0.39 is 23.3 Å². The normalized spacial score (nSPS) is 11.4. The Hall–Kier alpha value is -2.58. The summed E-state index contributed by atoms with van der Waals surface area (Å²) in [5.74, 6) is -0.511. The van der Waals surface area contributed by atoms with Crippen molar-refractivity contribution in [2.75, 3.05) is 6.61 Å². The van der Waals surface area contributed by atoms with Gasteiger partial charge in [0.1, 0.15) is 0 Å². The molecule has 130 valence electrons. The highest BCUT2D eigenvalue weighted by Crippen LogP contribution is 2.30. The average Bonchev–Trinajstić information content (AvgIpc) is 2.93. The Balaban J connectivity index is 2.12. The fourth-order valence-electron chi connectivity index (χ4n) is 2.02. The molecular formula is C15H17F3N4O2. The summed E-state index contributed by atoms with van der Waals surface area (Å²) in [6.07, 6.45) is -1.33. The van der Waals surface area contributed by atoms with Crippen LogP contribution in [-0.2, 0) is 19.8 Å². The summed E-state index contributed by atoms with van der Waals surface area (Å²) in [5.41, 5.74) is -1.15. The second-order valence-electron chi connectivity index (χ2n) is 5.06. The third-order valence-corrected chi connectivity index (χ3v) is 3.07. The number of hydrogen-bond acceptors (Lipinski definition) is 4. The molecule has 0 saturated heterocycles. The van der Waals surface area contributed by atoms with Crippen molar-refractivity contribution in [1.82, 2.24) is 20.1 Å². The molecule has 0 aliphatic rings. The van der Waals surface area contributed by atoms with E-state index in [0.29, 0.717) is 18.1 Å². The van der Waals surface area contributed by atoms with Crippen LogP contribution < -0.4 is 10.1 Å². The number of amides is 1. The lowest BCUT2D eigenvalue weighted by Gasteiger charge is -2.11. The standard InChI is InChI=1S/C15H17F3N4O2/c1-3-7-24-14-10(5-4-6-19-14)8-20-13(23)11-9-22(2)21-12(11)15(16,17)18/h4-6,9H,3,7-8H2,1-2H3,(H,20,23). The first kappa shape index (κ1) is 17.8. The van der Waals surface area contributed by atoms with Crippen LogP contribution in [0.5, 0.6) is 5.88 Å². The quantitative estimate of drug-likeness (QED) is 0.876. The summed E-state index contributed by atoms with van der Waals surface area (Å²) in [5, 5.41) is 5.76. The number of pyridine rings is 1. The third-order valence-electron chi connectivity index (χ3n) is 3.07. The maximum Gasteiger partial charge on any atom is 0.435 e. The van der Waals surface area contributed by atoms with Crippen LogP contribution in [0.4, 0.5) is 13.2 Å². The van der Waals surface area contributed by atoms with Crippen molar-refractivity contribution in [3.8, 4) is 5.88 Å². The molecule has 0 unspecified atom stereocenters. The van der Waals surface area contributed by atoms with E-state index in [1.54, 1.807) is 18.3 Å². The summed E-state index contributed by atoms with van der Waals surface area (Å²) < 4.78 is 45.1. The highest BCUT2D eigenvalue weighted by Gasteiger charge is 2.38. The van der Waals surface area contributed by atoms with Crippen molar-refractivity contribution in [1.29, 1.82) is 0 Å². The smallest absolute Gasteiger partial charge is 0.435 e. The molecule has 0 atom stereocenters. The van der Waals surface area contributed by atoms with E-state index >= 15 is 0 Å². The molecule has 1 N–H and O–H groups in total. The van der Waals surface area contributed by atoms with Gasteiger partial charge in [0.2, 0.25) is 5.88 Å². The van der Waals surface area contributed by atoms with Gasteiger partial charge in [0.15, 0.2) is 5.69 Å². The van der Waals surface area contributed by atoms with Crippen LogP contribution in [0.2, 0.25) is 0 Å². The molecule has 0 aliphatic heterocycles. The molecular weight excluding hydrogens is 325 g/mol. The van der Waals surface area contributed by atoms with Gasteiger partial charge in [-0.15, -0.1) is 0 Å². The molecule has 2 aromatic rings. The molecule has 0 bridgehead atoms. The van der Waals surface area contributed by atoms with Gasteiger partial charge in [-0.3, -0.25) is 9.48 Å². The first-order chi connectivity index (χ1) is 11.3.